The molecule has 174 valence electrons. The molecule has 0 aromatic heterocycles. The van der Waals surface area contributed by atoms with Crippen LogP contribution in [0.25, 0.3) is 0 Å². The highest BCUT2D eigenvalue weighted by Crippen LogP contribution is 2.15. The number of guanidine groups is 1. The Labute approximate surface area is 206 Å². The molecule has 1 saturated heterocycles. The molecular weight excluding hydrogens is 522 g/mol. The zero-order valence-electron chi connectivity index (χ0n) is 18.8. The first-order valence-electron chi connectivity index (χ1n) is 10.8. The third kappa shape index (κ3) is 7.44. The maximum absolute atomic E-state index is 13.8. The molecular formula is C24H32FIN4O2. The summed E-state index contributed by atoms with van der Waals surface area (Å²) in [5, 5.41) is 6.32. The summed E-state index contributed by atoms with van der Waals surface area (Å²) in [7, 11) is 0. The fraction of sp³-hybridized carbons (Fsp3) is 0.417. The second-order valence-corrected chi connectivity index (χ2v) is 7.80. The molecule has 1 aliphatic heterocycles. The van der Waals surface area contributed by atoms with Crippen LogP contribution in [0.15, 0.2) is 53.5 Å². The molecule has 3 rings (SSSR count). The average molecular weight is 554 g/mol. The van der Waals surface area contributed by atoms with Crippen molar-refractivity contribution in [3.63, 3.8) is 0 Å². The highest BCUT2D eigenvalue weighted by molar-refractivity contribution is 14.0. The average Bonchev–Trinajstić information content (AvgIpc) is 2.76. The Kier molecular flexibility index (Phi) is 10.4. The molecule has 0 spiro atoms. The fourth-order valence-corrected chi connectivity index (χ4v) is 3.61. The lowest BCUT2D eigenvalue weighted by atomic mass is 10.1. The molecule has 1 fully saturated rings. The molecule has 2 aromatic carbocycles. The zero-order valence-corrected chi connectivity index (χ0v) is 21.1. The molecule has 0 bridgehead atoms. The van der Waals surface area contributed by atoms with E-state index in [1.807, 2.05) is 56.0 Å². The number of hydrogen-bond donors (Lipinski definition) is 2. The van der Waals surface area contributed by atoms with Crippen molar-refractivity contribution in [2.24, 2.45) is 4.99 Å². The van der Waals surface area contributed by atoms with Gasteiger partial charge in [-0.1, -0.05) is 30.3 Å². The number of nitrogens with zero attached hydrogens (tertiary/aromatic N) is 2. The van der Waals surface area contributed by atoms with E-state index >= 15 is 0 Å². The number of rotatable bonds is 6. The van der Waals surface area contributed by atoms with Crippen LogP contribution in [0, 0.1) is 5.82 Å². The van der Waals surface area contributed by atoms with Crippen molar-refractivity contribution in [3.05, 3.63) is 71.0 Å². The molecule has 0 radical (unpaired) electrons. The van der Waals surface area contributed by atoms with Crippen molar-refractivity contribution >= 4 is 35.8 Å². The normalized spacial score (nSPS) is 18.6. The molecule has 0 saturated carbocycles. The van der Waals surface area contributed by atoms with Crippen LogP contribution in [0.3, 0.4) is 0 Å². The van der Waals surface area contributed by atoms with Crippen LogP contribution in [-0.2, 0) is 17.8 Å². The van der Waals surface area contributed by atoms with E-state index in [4.69, 9.17) is 4.74 Å². The van der Waals surface area contributed by atoms with Crippen LogP contribution in [0.5, 0.6) is 0 Å². The maximum Gasteiger partial charge on any atom is 0.254 e. The molecule has 1 aliphatic rings. The molecule has 1 amide bonds. The maximum atomic E-state index is 13.8. The Balaban J connectivity index is 0.00000363. The van der Waals surface area contributed by atoms with Gasteiger partial charge >= 0.3 is 0 Å². The Morgan fingerprint density at radius 1 is 1.09 bits per heavy atom. The van der Waals surface area contributed by atoms with Crippen molar-refractivity contribution < 1.29 is 13.9 Å². The minimum absolute atomic E-state index is 0. The van der Waals surface area contributed by atoms with Gasteiger partial charge in [-0.3, -0.25) is 4.79 Å². The summed E-state index contributed by atoms with van der Waals surface area (Å²) in [5.41, 5.74) is 2.24. The van der Waals surface area contributed by atoms with Crippen molar-refractivity contribution in [1.29, 1.82) is 0 Å². The Morgan fingerprint density at radius 3 is 2.38 bits per heavy atom. The third-order valence-electron chi connectivity index (χ3n) is 5.08. The molecule has 2 unspecified atom stereocenters. The lowest BCUT2D eigenvalue weighted by Crippen LogP contribution is -2.48. The summed E-state index contributed by atoms with van der Waals surface area (Å²) in [6.45, 7) is 8.66. The summed E-state index contributed by atoms with van der Waals surface area (Å²) in [5.74, 6) is 0.398. The number of morpholine rings is 1. The number of benzene rings is 2. The highest BCUT2D eigenvalue weighted by Gasteiger charge is 2.26. The molecule has 2 N–H and O–H groups in total. The van der Waals surface area contributed by atoms with E-state index in [9.17, 15) is 9.18 Å². The predicted octanol–water partition coefficient (Wildman–Crippen LogP) is 3.95. The first-order valence-corrected chi connectivity index (χ1v) is 10.8. The second-order valence-electron chi connectivity index (χ2n) is 7.80. The summed E-state index contributed by atoms with van der Waals surface area (Å²) >= 11 is 0. The lowest BCUT2D eigenvalue weighted by molar-refractivity contribution is -0.0586. The molecule has 2 aromatic rings. The lowest BCUT2D eigenvalue weighted by Gasteiger charge is -2.35. The topological polar surface area (TPSA) is 66.0 Å². The molecule has 8 heteroatoms. The molecule has 1 heterocycles. The number of amides is 1. The number of nitrogens with one attached hydrogen (secondary N) is 2. The fourth-order valence-electron chi connectivity index (χ4n) is 3.61. The van der Waals surface area contributed by atoms with Crippen LogP contribution in [0.1, 0.15) is 42.3 Å². The summed E-state index contributed by atoms with van der Waals surface area (Å²) in [4.78, 5) is 19.2. The smallest absolute Gasteiger partial charge is 0.254 e. The Bertz CT molecular complexity index is 897. The Hall–Kier alpha value is -2.20. The van der Waals surface area contributed by atoms with Gasteiger partial charge < -0.3 is 20.3 Å². The van der Waals surface area contributed by atoms with E-state index in [0.29, 0.717) is 49.8 Å². The molecule has 2 atom stereocenters. The van der Waals surface area contributed by atoms with Gasteiger partial charge in [0, 0.05) is 37.3 Å². The van der Waals surface area contributed by atoms with Gasteiger partial charge in [0.25, 0.3) is 5.91 Å². The van der Waals surface area contributed by atoms with Gasteiger partial charge in [0.2, 0.25) is 0 Å². The van der Waals surface area contributed by atoms with Gasteiger partial charge in [-0.15, -0.1) is 24.0 Å². The molecule has 6 nitrogen and oxygen atoms in total. The van der Waals surface area contributed by atoms with Crippen LogP contribution < -0.4 is 10.6 Å². The van der Waals surface area contributed by atoms with E-state index in [1.165, 1.54) is 6.07 Å². The summed E-state index contributed by atoms with van der Waals surface area (Å²) < 4.78 is 19.5. The van der Waals surface area contributed by atoms with E-state index in [1.54, 1.807) is 12.1 Å². The van der Waals surface area contributed by atoms with Gasteiger partial charge in [-0.05, 0) is 44.5 Å². The predicted molar refractivity (Wildman–Crippen MR) is 136 cm³/mol. The minimum Gasteiger partial charge on any atom is -0.372 e. The number of ether oxygens (including phenoxy) is 1. The monoisotopic (exact) mass is 554 g/mol. The van der Waals surface area contributed by atoms with E-state index in [0.717, 1.165) is 5.56 Å². The van der Waals surface area contributed by atoms with Crippen molar-refractivity contribution in [2.45, 2.75) is 46.1 Å². The number of carbonyl (C=O) groups excluding carboxylic acids is 1. The molecule has 32 heavy (non-hydrogen) atoms. The number of aliphatic imine (C=N–C) groups is 1. The summed E-state index contributed by atoms with van der Waals surface area (Å²) in [6, 6.07) is 14.2. The van der Waals surface area contributed by atoms with Gasteiger partial charge in [0.05, 0.1) is 18.8 Å². The van der Waals surface area contributed by atoms with Gasteiger partial charge in [-0.2, -0.15) is 0 Å². The number of carbonyl (C=O) groups is 1. The largest absolute Gasteiger partial charge is 0.372 e. The van der Waals surface area contributed by atoms with Crippen molar-refractivity contribution in [2.75, 3.05) is 19.6 Å². The standard InChI is InChI=1S/C24H31FN4O2.HI/c1-4-26-24(28-14-21-7-5-6-8-22(21)25)27-13-19-9-11-20(12-10-19)23(30)29-15-17(2)31-18(3)16-29;/h5-12,17-18H,4,13-16H2,1-3H3,(H2,26,27,28);1H. The van der Waals surface area contributed by atoms with Crippen LogP contribution in [0.4, 0.5) is 4.39 Å². The molecule has 0 aliphatic carbocycles. The first-order chi connectivity index (χ1) is 15.0. The van der Waals surface area contributed by atoms with Crippen LogP contribution in [-0.4, -0.2) is 48.6 Å². The SMILES string of the molecule is CCNC(=NCc1ccc(C(=O)N2CC(C)OC(C)C2)cc1)NCc1ccccc1F.I. The zero-order chi connectivity index (χ0) is 22.2. The van der Waals surface area contributed by atoms with Gasteiger partial charge in [-0.25, -0.2) is 9.38 Å². The highest BCUT2D eigenvalue weighted by atomic mass is 127. The minimum atomic E-state index is -0.241. The summed E-state index contributed by atoms with van der Waals surface area (Å²) in [6.07, 6.45) is 0.0883. The second kappa shape index (κ2) is 12.7. The number of halogens is 2. The quantitative estimate of drug-likeness (QED) is 0.323. The van der Waals surface area contributed by atoms with Crippen molar-refractivity contribution in [1.82, 2.24) is 15.5 Å². The van der Waals surface area contributed by atoms with Crippen LogP contribution >= 0.6 is 24.0 Å². The third-order valence-corrected chi connectivity index (χ3v) is 5.08. The van der Waals surface area contributed by atoms with E-state index in [-0.39, 0.29) is 47.9 Å². The van der Waals surface area contributed by atoms with E-state index in [2.05, 4.69) is 15.6 Å². The van der Waals surface area contributed by atoms with Gasteiger partial charge in [0.1, 0.15) is 5.82 Å². The van der Waals surface area contributed by atoms with Crippen LogP contribution in [0.2, 0.25) is 0 Å². The van der Waals surface area contributed by atoms with Crippen molar-refractivity contribution in [3.8, 4) is 0 Å². The number of hydrogen-bond acceptors (Lipinski definition) is 3. The first kappa shape index (κ1) is 26.1. The Morgan fingerprint density at radius 2 is 1.75 bits per heavy atom. The van der Waals surface area contributed by atoms with E-state index < -0.39 is 0 Å². The van der Waals surface area contributed by atoms with Gasteiger partial charge in [0.15, 0.2) is 5.96 Å².